The molecule has 0 aromatic rings. The van der Waals surface area contributed by atoms with E-state index >= 15 is 0 Å². The summed E-state index contributed by atoms with van der Waals surface area (Å²) in [6, 6.07) is 0. The molecule has 90 valence electrons. The number of ether oxygens (including phenoxy) is 1. The van der Waals surface area contributed by atoms with Crippen LogP contribution < -0.4 is 5.32 Å². The Labute approximate surface area is 92.0 Å². The minimum Gasteiger partial charge on any atom is -0.396 e. The molecule has 0 saturated carbocycles. The van der Waals surface area contributed by atoms with Crippen LogP contribution in [-0.4, -0.2) is 36.9 Å². The molecule has 0 bridgehead atoms. The van der Waals surface area contributed by atoms with Crippen LogP contribution in [0.2, 0.25) is 0 Å². The Morgan fingerprint density at radius 1 is 1.53 bits per heavy atom. The van der Waals surface area contributed by atoms with Gasteiger partial charge in [-0.1, -0.05) is 6.92 Å². The Bertz CT molecular complexity index is 192. The van der Waals surface area contributed by atoms with Crippen molar-refractivity contribution in [3.05, 3.63) is 0 Å². The first-order chi connectivity index (χ1) is 6.91. The summed E-state index contributed by atoms with van der Waals surface area (Å²) in [5, 5.41) is 11.7. The quantitative estimate of drug-likeness (QED) is 0.667. The maximum Gasteiger partial charge on any atom is 0.220 e. The zero-order valence-corrected chi connectivity index (χ0v) is 10.2. The molecule has 0 radical (unpaired) electrons. The smallest absolute Gasteiger partial charge is 0.220 e. The number of hydrogen-bond donors (Lipinski definition) is 2. The number of nitrogens with one attached hydrogen (secondary N) is 1. The van der Waals surface area contributed by atoms with E-state index in [-0.39, 0.29) is 24.0 Å². The first kappa shape index (κ1) is 14.4. The van der Waals surface area contributed by atoms with E-state index in [1.165, 1.54) is 0 Å². The molecular weight excluding hydrogens is 194 g/mol. The molecule has 15 heavy (non-hydrogen) atoms. The van der Waals surface area contributed by atoms with Crippen LogP contribution in [0.15, 0.2) is 0 Å². The van der Waals surface area contributed by atoms with Crippen molar-refractivity contribution in [2.45, 2.75) is 39.2 Å². The molecule has 4 heteroatoms. The number of carbonyl (C=O) groups excluding carboxylic acids is 1. The van der Waals surface area contributed by atoms with Crippen molar-refractivity contribution in [1.82, 2.24) is 5.32 Å². The van der Waals surface area contributed by atoms with E-state index in [1.54, 1.807) is 7.11 Å². The fraction of sp³-hybridized carbons (Fsp3) is 0.909. The summed E-state index contributed by atoms with van der Waals surface area (Å²) in [6.07, 6.45) is 1.03. The lowest BCUT2D eigenvalue weighted by Gasteiger charge is -2.26. The molecule has 0 aliphatic heterocycles. The van der Waals surface area contributed by atoms with Gasteiger partial charge in [0.25, 0.3) is 0 Å². The Morgan fingerprint density at radius 3 is 2.60 bits per heavy atom. The maximum absolute atomic E-state index is 11.6. The van der Waals surface area contributed by atoms with Gasteiger partial charge in [0.05, 0.1) is 0 Å². The molecule has 0 aromatic heterocycles. The summed E-state index contributed by atoms with van der Waals surface area (Å²) < 4.78 is 4.96. The largest absolute Gasteiger partial charge is 0.396 e. The molecule has 0 fully saturated rings. The number of amides is 1. The van der Waals surface area contributed by atoms with Gasteiger partial charge in [-0.15, -0.1) is 0 Å². The number of rotatable bonds is 7. The highest BCUT2D eigenvalue weighted by Gasteiger charge is 2.20. The molecule has 0 heterocycles. The van der Waals surface area contributed by atoms with Crippen molar-refractivity contribution < 1.29 is 14.6 Å². The van der Waals surface area contributed by atoms with E-state index in [9.17, 15) is 4.79 Å². The van der Waals surface area contributed by atoms with Crippen molar-refractivity contribution in [2.24, 2.45) is 5.92 Å². The molecule has 1 amide bonds. The number of aliphatic hydroxyl groups is 1. The van der Waals surface area contributed by atoms with E-state index in [0.717, 1.165) is 0 Å². The monoisotopic (exact) mass is 217 g/mol. The lowest BCUT2D eigenvalue weighted by atomic mass is 10.00. The molecule has 0 aromatic carbocycles. The van der Waals surface area contributed by atoms with E-state index in [1.807, 2.05) is 20.8 Å². The van der Waals surface area contributed by atoms with E-state index < -0.39 is 0 Å². The van der Waals surface area contributed by atoms with Crippen molar-refractivity contribution in [3.8, 4) is 0 Å². The molecule has 0 aliphatic carbocycles. The van der Waals surface area contributed by atoms with Gasteiger partial charge in [0.1, 0.15) is 0 Å². The third-order valence-electron chi connectivity index (χ3n) is 2.20. The topological polar surface area (TPSA) is 58.6 Å². The molecule has 0 rings (SSSR count). The van der Waals surface area contributed by atoms with Gasteiger partial charge in [-0.2, -0.15) is 0 Å². The molecule has 4 nitrogen and oxygen atoms in total. The summed E-state index contributed by atoms with van der Waals surface area (Å²) >= 11 is 0. The zero-order chi connectivity index (χ0) is 11.9. The molecule has 0 saturated heterocycles. The fourth-order valence-corrected chi connectivity index (χ4v) is 1.43. The van der Waals surface area contributed by atoms with Crippen LogP contribution in [0.4, 0.5) is 0 Å². The first-order valence-corrected chi connectivity index (χ1v) is 5.32. The Hall–Kier alpha value is -0.610. The van der Waals surface area contributed by atoms with Gasteiger partial charge in [-0.3, -0.25) is 4.79 Å². The first-order valence-electron chi connectivity index (χ1n) is 5.32. The van der Waals surface area contributed by atoms with E-state index in [2.05, 4.69) is 5.32 Å². The maximum atomic E-state index is 11.6. The van der Waals surface area contributed by atoms with Crippen molar-refractivity contribution in [2.75, 3.05) is 20.3 Å². The van der Waals surface area contributed by atoms with Gasteiger partial charge < -0.3 is 15.2 Å². The summed E-state index contributed by atoms with van der Waals surface area (Å²) in [7, 11) is 1.63. The average Bonchev–Trinajstić information content (AvgIpc) is 2.01. The van der Waals surface area contributed by atoms with Gasteiger partial charge >= 0.3 is 0 Å². The van der Waals surface area contributed by atoms with Crippen LogP contribution in [0.5, 0.6) is 0 Å². The van der Waals surface area contributed by atoms with Crippen molar-refractivity contribution in [1.29, 1.82) is 0 Å². The normalized spacial score (nSPS) is 13.7. The van der Waals surface area contributed by atoms with E-state index in [4.69, 9.17) is 9.84 Å². The number of methoxy groups -OCH3 is 1. The SMILES string of the molecule is COCC(C)CC(=O)NC(C)(C)CCO. The van der Waals surface area contributed by atoms with Crippen LogP contribution in [0.1, 0.15) is 33.6 Å². The molecule has 2 N–H and O–H groups in total. The van der Waals surface area contributed by atoms with Crippen LogP contribution in [0.3, 0.4) is 0 Å². The lowest BCUT2D eigenvalue weighted by Crippen LogP contribution is -2.44. The van der Waals surface area contributed by atoms with Crippen LogP contribution in [0, 0.1) is 5.92 Å². The Morgan fingerprint density at radius 2 is 2.13 bits per heavy atom. The van der Waals surface area contributed by atoms with Crippen LogP contribution in [0.25, 0.3) is 0 Å². The minimum absolute atomic E-state index is 0.0120. The Kier molecular flexibility index (Phi) is 6.52. The van der Waals surface area contributed by atoms with Crippen LogP contribution in [-0.2, 0) is 9.53 Å². The lowest BCUT2D eigenvalue weighted by molar-refractivity contribution is -0.124. The highest BCUT2D eigenvalue weighted by molar-refractivity contribution is 5.76. The summed E-state index contributed by atoms with van der Waals surface area (Å²) in [4.78, 5) is 11.6. The van der Waals surface area contributed by atoms with Crippen LogP contribution >= 0.6 is 0 Å². The molecule has 0 aliphatic rings. The van der Waals surface area contributed by atoms with Gasteiger partial charge in [0, 0.05) is 32.3 Å². The second-order valence-corrected chi connectivity index (χ2v) is 4.67. The minimum atomic E-state index is -0.335. The van der Waals surface area contributed by atoms with Gasteiger partial charge in [0.15, 0.2) is 0 Å². The zero-order valence-electron chi connectivity index (χ0n) is 10.2. The molecule has 1 unspecified atom stereocenters. The predicted octanol–water partition coefficient (Wildman–Crippen LogP) is 0.936. The number of aliphatic hydroxyl groups excluding tert-OH is 1. The average molecular weight is 217 g/mol. The Balaban J connectivity index is 3.91. The standard InChI is InChI=1S/C11H23NO3/c1-9(8-15-4)7-10(14)12-11(2,3)5-6-13/h9,13H,5-8H2,1-4H3,(H,12,14). The summed E-state index contributed by atoms with van der Waals surface area (Å²) in [6.45, 7) is 6.46. The highest BCUT2D eigenvalue weighted by Crippen LogP contribution is 2.09. The van der Waals surface area contributed by atoms with Crippen molar-refractivity contribution in [3.63, 3.8) is 0 Å². The second kappa shape index (κ2) is 6.80. The third kappa shape index (κ3) is 7.33. The highest BCUT2D eigenvalue weighted by atomic mass is 16.5. The third-order valence-corrected chi connectivity index (χ3v) is 2.20. The number of hydrogen-bond acceptors (Lipinski definition) is 3. The van der Waals surface area contributed by atoms with Gasteiger partial charge in [-0.05, 0) is 26.2 Å². The molecule has 0 spiro atoms. The summed E-state index contributed by atoms with van der Waals surface area (Å²) in [5.41, 5.74) is -0.335. The van der Waals surface area contributed by atoms with Gasteiger partial charge in [0.2, 0.25) is 5.91 Å². The van der Waals surface area contributed by atoms with Gasteiger partial charge in [-0.25, -0.2) is 0 Å². The van der Waals surface area contributed by atoms with Crippen molar-refractivity contribution >= 4 is 5.91 Å². The fourth-order valence-electron chi connectivity index (χ4n) is 1.43. The number of carbonyl (C=O) groups is 1. The second-order valence-electron chi connectivity index (χ2n) is 4.67. The predicted molar refractivity (Wildman–Crippen MR) is 59.6 cm³/mol. The molecule has 1 atom stereocenters. The van der Waals surface area contributed by atoms with E-state index in [0.29, 0.717) is 19.4 Å². The summed E-state index contributed by atoms with van der Waals surface area (Å²) in [5.74, 6) is 0.234. The molecular formula is C11H23NO3.